The highest BCUT2D eigenvalue weighted by Crippen LogP contribution is 2.33. The Hall–Kier alpha value is -3.47. The molecule has 0 bridgehead atoms. The van der Waals surface area contributed by atoms with Crippen molar-refractivity contribution in [1.29, 1.82) is 0 Å². The molecule has 1 N–H and O–H groups in total. The van der Waals surface area contributed by atoms with Gasteiger partial charge in [-0.15, -0.1) is 0 Å². The lowest BCUT2D eigenvalue weighted by molar-refractivity contribution is -0.140. The first-order valence-corrected chi connectivity index (χ1v) is 15.6. The summed E-state index contributed by atoms with van der Waals surface area (Å²) >= 11 is 12.1. The van der Waals surface area contributed by atoms with Gasteiger partial charge in [-0.3, -0.25) is 13.9 Å². The molecule has 9 nitrogen and oxygen atoms in total. The number of benzene rings is 3. The predicted molar refractivity (Wildman–Crippen MR) is 165 cm³/mol. The molecule has 42 heavy (non-hydrogen) atoms. The smallest absolute Gasteiger partial charge is 0.264 e. The van der Waals surface area contributed by atoms with Crippen LogP contribution in [-0.4, -0.2) is 58.5 Å². The van der Waals surface area contributed by atoms with Crippen LogP contribution in [0, 0.1) is 0 Å². The fourth-order valence-corrected chi connectivity index (χ4v) is 5.99. The molecule has 0 radical (unpaired) electrons. The van der Waals surface area contributed by atoms with Crippen LogP contribution >= 0.6 is 23.2 Å². The summed E-state index contributed by atoms with van der Waals surface area (Å²) in [5.41, 5.74) is 0.952. The predicted octanol–water partition coefficient (Wildman–Crippen LogP) is 5.54. The minimum atomic E-state index is -4.31. The summed E-state index contributed by atoms with van der Waals surface area (Å²) in [4.78, 5) is 28.5. The molecule has 0 aliphatic heterocycles. The number of rotatable bonds is 14. The number of hydrogen-bond donors (Lipinski definition) is 1. The third-order valence-corrected chi connectivity index (χ3v) is 8.81. The van der Waals surface area contributed by atoms with Crippen molar-refractivity contribution >= 4 is 50.7 Å². The van der Waals surface area contributed by atoms with Crippen LogP contribution in [0.25, 0.3) is 0 Å². The lowest BCUT2D eigenvalue weighted by Gasteiger charge is -2.33. The molecule has 0 saturated heterocycles. The molecule has 0 aromatic heterocycles. The molecule has 0 aliphatic rings. The maximum Gasteiger partial charge on any atom is 0.264 e. The van der Waals surface area contributed by atoms with Gasteiger partial charge in [0.15, 0.2) is 11.5 Å². The lowest BCUT2D eigenvalue weighted by atomic mass is 10.1. The largest absolute Gasteiger partial charge is 0.493 e. The van der Waals surface area contributed by atoms with E-state index < -0.39 is 28.5 Å². The van der Waals surface area contributed by atoms with Gasteiger partial charge in [-0.25, -0.2) is 8.42 Å². The van der Waals surface area contributed by atoms with E-state index in [1.165, 1.54) is 61.6 Å². The number of nitrogens with one attached hydrogen (secondary N) is 1. The van der Waals surface area contributed by atoms with Gasteiger partial charge in [0.05, 0.1) is 24.8 Å². The zero-order chi connectivity index (χ0) is 30.9. The molecule has 0 unspecified atom stereocenters. The van der Waals surface area contributed by atoms with Crippen molar-refractivity contribution in [3.05, 3.63) is 82.3 Å². The van der Waals surface area contributed by atoms with Crippen LogP contribution in [0.5, 0.6) is 11.5 Å². The number of sulfonamides is 1. The van der Waals surface area contributed by atoms with Crippen molar-refractivity contribution in [2.75, 3.05) is 31.6 Å². The molecule has 2 amide bonds. The van der Waals surface area contributed by atoms with Gasteiger partial charge in [-0.05, 0) is 66.9 Å². The number of carbonyl (C=O) groups excluding carboxylic acids is 2. The zero-order valence-electron chi connectivity index (χ0n) is 24.0. The fourth-order valence-electron chi connectivity index (χ4n) is 4.31. The van der Waals surface area contributed by atoms with E-state index in [9.17, 15) is 18.0 Å². The van der Waals surface area contributed by atoms with Gasteiger partial charge >= 0.3 is 0 Å². The minimum absolute atomic E-state index is 0.0684. The van der Waals surface area contributed by atoms with Gasteiger partial charge in [0.2, 0.25) is 11.8 Å². The van der Waals surface area contributed by atoms with E-state index in [1.807, 2.05) is 6.92 Å². The number of hydrogen-bond acceptors (Lipinski definition) is 6. The van der Waals surface area contributed by atoms with Crippen molar-refractivity contribution in [2.24, 2.45) is 0 Å². The molecule has 3 aromatic rings. The highest BCUT2D eigenvalue weighted by atomic mass is 35.5. The summed E-state index contributed by atoms with van der Waals surface area (Å²) < 4.78 is 39.7. The van der Waals surface area contributed by atoms with Gasteiger partial charge in [-0.1, -0.05) is 49.2 Å². The topological polar surface area (TPSA) is 105 Å². The van der Waals surface area contributed by atoms with E-state index >= 15 is 0 Å². The summed E-state index contributed by atoms with van der Waals surface area (Å²) in [6, 6.07) is 16.4. The maximum absolute atomic E-state index is 14.1. The molecule has 226 valence electrons. The van der Waals surface area contributed by atoms with Gasteiger partial charge in [-0.2, -0.15) is 0 Å². The van der Waals surface area contributed by atoms with E-state index in [1.54, 1.807) is 31.2 Å². The Balaban J connectivity index is 2.08. The summed E-state index contributed by atoms with van der Waals surface area (Å²) in [6.45, 7) is 3.67. The van der Waals surface area contributed by atoms with Crippen LogP contribution in [0.3, 0.4) is 0 Å². The average molecular weight is 637 g/mol. The molecule has 3 rings (SSSR count). The number of halogens is 2. The number of ether oxygens (including phenoxy) is 2. The van der Waals surface area contributed by atoms with Crippen molar-refractivity contribution in [2.45, 2.75) is 44.2 Å². The summed E-state index contributed by atoms with van der Waals surface area (Å²) in [5.74, 6) is -0.322. The molecule has 3 aromatic carbocycles. The number of anilines is 1. The first-order chi connectivity index (χ1) is 20.0. The highest BCUT2D eigenvalue weighted by molar-refractivity contribution is 7.92. The van der Waals surface area contributed by atoms with Crippen LogP contribution in [0.2, 0.25) is 10.0 Å². The Bertz CT molecular complexity index is 1470. The van der Waals surface area contributed by atoms with Gasteiger partial charge in [0.25, 0.3) is 10.0 Å². The monoisotopic (exact) mass is 635 g/mol. The second-order valence-electron chi connectivity index (χ2n) is 9.37. The third kappa shape index (κ3) is 8.08. The molecule has 0 fully saturated rings. The van der Waals surface area contributed by atoms with E-state index in [-0.39, 0.29) is 28.8 Å². The van der Waals surface area contributed by atoms with Crippen LogP contribution in [0.15, 0.2) is 71.6 Å². The number of carbonyl (C=O) groups is 2. The molecule has 1 atom stereocenters. The van der Waals surface area contributed by atoms with Gasteiger partial charge in [0, 0.05) is 29.2 Å². The van der Waals surface area contributed by atoms with Crippen LogP contribution in [0.1, 0.15) is 32.3 Å². The lowest BCUT2D eigenvalue weighted by Crippen LogP contribution is -2.52. The van der Waals surface area contributed by atoms with Crippen molar-refractivity contribution in [3.8, 4) is 11.5 Å². The normalized spacial score (nSPS) is 11.9. The quantitative estimate of drug-likeness (QED) is 0.249. The van der Waals surface area contributed by atoms with Crippen molar-refractivity contribution < 1.29 is 27.5 Å². The van der Waals surface area contributed by atoms with E-state index in [4.69, 9.17) is 32.7 Å². The summed E-state index contributed by atoms with van der Waals surface area (Å²) in [7, 11) is -1.46. The number of methoxy groups -OCH3 is 2. The Morgan fingerprint density at radius 2 is 1.48 bits per heavy atom. The Morgan fingerprint density at radius 1 is 0.881 bits per heavy atom. The summed E-state index contributed by atoms with van der Waals surface area (Å²) in [5, 5.41) is 3.78. The second-order valence-corrected chi connectivity index (χ2v) is 12.1. The van der Waals surface area contributed by atoms with Gasteiger partial charge < -0.3 is 19.7 Å². The molecule has 0 heterocycles. The highest BCUT2D eigenvalue weighted by Gasteiger charge is 2.34. The Morgan fingerprint density at radius 3 is 2.02 bits per heavy atom. The SMILES string of the molecule is CCCNC(=O)[C@H](CC)N(Cc1ccc(Cl)cc1)C(=O)CN(c1ccc(Cl)cc1)S(=O)(=O)c1ccc(OC)c(OC)c1. The first kappa shape index (κ1) is 33.0. The number of nitrogens with zero attached hydrogens (tertiary/aromatic N) is 2. The molecular weight excluding hydrogens is 601 g/mol. The fraction of sp³-hybridized carbons (Fsp3) is 0.333. The molecule has 0 spiro atoms. The van der Waals surface area contributed by atoms with E-state index in [0.717, 1.165) is 16.3 Å². The van der Waals surface area contributed by atoms with E-state index in [2.05, 4.69) is 5.32 Å². The molecule has 12 heteroatoms. The van der Waals surface area contributed by atoms with Crippen molar-refractivity contribution in [1.82, 2.24) is 10.2 Å². The number of amides is 2. The Kier molecular flexibility index (Phi) is 11.9. The zero-order valence-corrected chi connectivity index (χ0v) is 26.3. The van der Waals surface area contributed by atoms with Crippen molar-refractivity contribution in [3.63, 3.8) is 0 Å². The third-order valence-electron chi connectivity index (χ3n) is 6.54. The first-order valence-electron chi connectivity index (χ1n) is 13.4. The minimum Gasteiger partial charge on any atom is -0.493 e. The van der Waals surface area contributed by atoms with Crippen LogP contribution in [0.4, 0.5) is 5.69 Å². The molecule has 0 aliphatic carbocycles. The Labute approximate surface area is 257 Å². The standard InChI is InChI=1S/C30H35Cl2N3O6S/c1-5-17-33-30(37)26(6-2)34(19-21-7-9-22(31)10-8-21)29(36)20-35(24-13-11-23(32)12-14-24)42(38,39)25-15-16-27(40-3)28(18-25)41-4/h7-16,18,26H,5-6,17,19-20H2,1-4H3,(H,33,37)/t26-/m0/s1. The summed E-state index contributed by atoms with van der Waals surface area (Å²) in [6.07, 6.45) is 1.04. The second kappa shape index (κ2) is 15.1. The van der Waals surface area contributed by atoms with Crippen LogP contribution in [-0.2, 0) is 26.2 Å². The molecular formula is C30H35Cl2N3O6S. The van der Waals surface area contributed by atoms with Gasteiger partial charge in [0.1, 0.15) is 12.6 Å². The average Bonchev–Trinajstić information content (AvgIpc) is 2.99. The molecule has 0 saturated carbocycles. The van der Waals surface area contributed by atoms with Crippen LogP contribution < -0.4 is 19.1 Å². The maximum atomic E-state index is 14.1. The van der Waals surface area contributed by atoms with E-state index in [0.29, 0.717) is 28.8 Å².